The van der Waals surface area contributed by atoms with Crippen LogP contribution in [0.1, 0.15) is 125 Å². The standard InChI is InChI=1S/C27H51N3O/c1-6-27(5,19-13-14-22(2)3)29-26(28-20-24-15-9-7-10-16-24)30(23(4)31)21-25-17-11-8-12-18-25/h22,24-25H,6-21H2,1-5H3,(H,28,29). The summed E-state index contributed by atoms with van der Waals surface area (Å²) in [6.45, 7) is 12.6. The van der Waals surface area contributed by atoms with E-state index >= 15 is 0 Å². The van der Waals surface area contributed by atoms with Crippen LogP contribution in [0.3, 0.4) is 0 Å². The molecule has 0 heterocycles. The third kappa shape index (κ3) is 9.53. The zero-order chi connectivity index (χ0) is 22.7. The number of amides is 1. The molecule has 2 rings (SSSR count). The average Bonchev–Trinajstić information content (AvgIpc) is 2.76. The Morgan fingerprint density at radius 3 is 2.13 bits per heavy atom. The summed E-state index contributed by atoms with van der Waals surface area (Å²) in [5, 5.41) is 3.82. The summed E-state index contributed by atoms with van der Waals surface area (Å²) in [5.74, 6) is 3.04. The van der Waals surface area contributed by atoms with E-state index in [-0.39, 0.29) is 11.4 Å². The van der Waals surface area contributed by atoms with Gasteiger partial charge in [0.1, 0.15) is 0 Å². The molecule has 1 atom stereocenters. The lowest BCUT2D eigenvalue weighted by molar-refractivity contribution is -0.125. The Hall–Kier alpha value is -1.06. The van der Waals surface area contributed by atoms with Crippen LogP contribution in [0.15, 0.2) is 4.99 Å². The summed E-state index contributed by atoms with van der Waals surface area (Å²) in [5.41, 5.74) is -0.0133. The van der Waals surface area contributed by atoms with Gasteiger partial charge in [0, 0.05) is 25.6 Å². The molecule has 0 radical (unpaired) electrons. The first-order chi connectivity index (χ1) is 14.8. The normalized spacial score (nSPS) is 21.2. The summed E-state index contributed by atoms with van der Waals surface area (Å²) in [4.78, 5) is 19.9. The topological polar surface area (TPSA) is 44.7 Å². The number of nitrogens with zero attached hydrogens (tertiary/aromatic N) is 2. The maximum atomic E-state index is 12.8. The predicted molar refractivity (Wildman–Crippen MR) is 133 cm³/mol. The van der Waals surface area contributed by atoms with Gasteiger partial charge >= 0.3 is 0 Å². The average molecular weight is 434 g/mol. The first-order valence-electron chi connectivity index (χ1n) is 13.4. The third-order valence-corrected chi connectivity index (χ3v) is 7.73. The van der Waals surface area contributed by atoms with Crippen LogP contribution in [0.5, 0.6) is 0 Å². The Kier molecular flexibility index (Phi) is 11.4. The van der Waals surface area contributed by atoms with Gasteiger partial charge in [0.2, 0.25) is 11.9 Å². The van der Waals surface area contributed by atoms with E-state index in [2.05, 4.69) is 33.0 Å². The minimum atomic E-state index is -0.0133. The minimum Gasteiger partial charge on any atom is -0.351 e. The van der Waals surface area contributed by atoms with Crippen molar-refractivity contribution < 1.29 is 4.79 Å². The molecule has 1 unspecified atom stereocenters. The molecule has 0 saturated heterocycles. The largest absolute Gasteiger partial charge is 0.351 e. The predicted octanol–water partition coefficient (Wildman–Crippen LogP) is 6.94. The number of rotatable bonds is 10. The smallest absolute Gasteiger partial charge is 0.226 e. The molecule has 0 spiro atoms. The minimum absolute atomic E-state index is 0.0133. The van der Waals surface area contributed by atoms with Crippen LogP contribution in [-0.2, 0) is 4.79 Å². The summed E-state index contributed by atoms with van der Waals surface area (Å²) >= 11 is 0. The number of carbonyl (C=O) groups excluding carboxylic acids is 1. The Morgan fingerprint density at radius 1 is 1.03 bits per heavy atom. The molecule has 2 fully saturated rings. The lowest BCUT2D eigenvalue weighted by Crippen LogP contribution is -2.54. The van der Waals surface area contributed by atoms with Gasteiger partial charge in [-0.3, -0.25) is 14.7 Å². The Balaban J connectivity index is 2.16. The summed E-state index contributed by atoms with van der Waals surface area (Å²) < 4.78 is 0. The lowest BCUT2D eigenvalue weighted by Gasteiger charge is -2.37. The molecule has 0 aromatic heterocycles. The monoisotopic (exact) mass is 433 g/mol. The summed E-state index contributed by atoms with van der Waals surface area (Å²) in [6.07, 6.45) is 17.7. The maximum Gasteiger partial charge on any atom is 0.226 e. The number of nitrogens with one attached hydrogen (secondary N) is 1. The van der Waals surface area contributed by atoms with E-state index in [1.807, 2.05) is 4.90 Å². The van der Waals surface area contributed by atoms with Crippen LogP contribution < -0.4 is 5.32 Å². The Morgan fingerprint density at radius 2 is 1.61 bits per heavy atom. The van der Waals surface area contributed by atoms with E-state index in [4.69, 9.17) is 4.99 Å². The molecule has 0 aliphatic heterocycles. The highest BCUT2D eigenvalue weighted by molar-refractivity contribution is 5.96. The molecule has 1 amide bonds. The fourth-order valence-electron chi connectivity index (χ4n) is 5.27. The number of hydrogen-bond donors (Lipinski definition) is 1. The molecular formula is C27H51N3O. The molecule has 31 heavy (non-hydrogen) atoms. The molecule has 4 nitrogen and oxygen atoms in total. The second-order valence-corrected chi connectivity index (χ2v) is 11.1. The van der Waals surface area contributed by atoms with Crippen LogP contribution in [0.25, 0.3) is 0 Å². The van der Waals surface area contributed by atoms with Gasteiger partial charge in [0.15, 0.2) is 0 Å². The van der Waals surface area contributed by atoms with Crippen molar-refractivity contribution in [2.75, 3.05) is 13.1 Å². The summed E-state index contributed by atoms with van der Waals surface area (Å²) in [6, 6.07) is 0. The summed E-state index contributed by atoms with van der Waals surface area (Å²) in [7, 11) is 0. The zero-order valence-corrected chi connectivity index (χ0v) is 21.3. The van der Waals surface area contributed by atoms with Crippen LogP contribution in [-0.4, -0.2) is 35.4 Å². The molecular weight excluding hydrogens is 382 g/mol. The molecule has 2 aliphatic carbocycles. The maximum absolute atomic E-state index is 12.8. The molecule has 0 aromatic carbocycles. The van der Waals surface area contributed by atoms with Gasteiger partial charge in [-0.05, 0) is 63.2 Å². The van der Waals surface area contributed by atoms with Crippen molar-refractivity contribution in [2.24, 2.45) is 22.7 Å². The van der Waals surface area contributed by atoms with Crippen molar-refractivity contribution in [3.05, 3.63) is 0 Å². The van der Waals surface area contributed by atoms with Gasteiger partial charge in [-0.2, -0.15) is 0 Å². The van der Waals surface area contributed by atoms with Gasteiger partial charge in [0.05, 0.1) is 0 Å². The first kappa shape index (κ1) is 26.2. The highest BCUT2D eigenvalue weighted by atomic mass is 16.2. The first-order valence-corrected chi connectivity index (χ1v) is 13.4. The van der Waals surface area contributed by atoms with Crippen LogP contribution in [0.2, 0.25) is 0 Å². The van der Waals surface area contributed by atoms with Gasteiger partial charge in [-0.25, -0.2) is 0 Å². The molecule has 4 heteroatoms. The van der Waals surface area contributed by atoms with Crippen molar-refractivity contribution in [1.82, 2.24) is 10.2 Å². The van der Waals surface area contributed by atoms with Gasteiger partial charge in [-0.15, -0.1) is 0 Å². The van der Waals surface area contributed by atoms with E-state index in [0.717, 1.165) is 37.8 Å². The fourth-order valence-corrected chi connectivity index (χ4v) is 5.27. The number of guanidine groups is 1. The quantitative estimate of drug-likeness (QED) is 0.300. The van der Waals surface area contributed by atoms with E-state index in [1.54, 1.807) is 6.92 Å². The van der Waals surface area contributed by atoms with Gasteiger partial charge in [0.25, 0.3) is 0 Å². The van der Waals surface area contributed by atoms with Crippen LogP contribution in [0.4, 0.5) is 0 Å². The number of hydrogen-bond acceptors (Lipinski definition) is 2. The highest BCUT2D eigenvalue weighted by Crippen LogP contribution is 2.27. The van der Waals surface area contributed by atoms with E-state index in [9.17, 15) is 4.79 Å². The molecule has 0 aromatic rings. The lowest BCUT2D eigenvalue weighted by atomic mass is 9.88. The van der Waals surface area contributed by atoms with Crippen LogP contribution >= 0.6 is 0 Å². The number of carbonyl (C=O) groups is 1. The van der Waals surface area contributed by atoms with Crippen molar-refractivity contribution in [1.29, 1.82) is 0 Å². The molecule has 180 valence electrons. The second-order valence-electron chi connectivity index (χ2n) is 11.1. The highest BCUT2D eigenvalue weighted by Gasteiger charge is 2.29. The molecule has 0 bridgehead atoms. The Bertz CT molecular complexity index is 547. The molecule has 2 saturated carbocycles. The fraction of sp³-hybridized carbons (Fsp3) is 0.926. The van der Waals surface area contributed by atoms with E-state index in [1.165, 1.54) is 77.0 Å². The van der Waals surface area contributed by atoms with E-state index < -0.39 is 0 Å². The van der Waals surface area contributed by atoms with Crippen molar-refractivity contribution in [2.45, 2.75) is 130 Å². The van der Waals surface area contributed by atoms with Gasteiger partial charge < -0.3 is 5.32 Å². The Labute approximate surface area is 193 Å². The zero-order valence-electron chi connectivity index (χ0n) is 21.3. The van der Waals surface area contributed by atoms with Crippen molar-refractivity contribution >= 4 is 11.9 Å². The van der Waals surface area contributed by atoms with E-state index in [0.29, 0.717) is 11.8 Å². The second kappa shape index (κ2) is 13.5. The molecule has 2 aliphatic rings. The SMILES string of the molecule is CCC(C)(CCCC(C)C)NC(=NCC1CCCCC1)N(CC1CCCCC1)C(C)=O. The third-order valence-electron chi connectivity index (χ3n) is 7.73. The van der Waals surface area contributed by atoms with Crippen molar-refractivity contribution in [3.8, 4) is 0 Å². The van der Waals surface area contributed by atoms with Crippen LogP contribution in [0, 0.1) is 17.8 Å². The number of aliphatic imine (C=N–C) groups is 1. The van der Waals surface area contributed by atoms with Crippen molar-refractivity contribution in [3.63, 3.8) is 0 Å². The van der Waals surface area contributed by atoms with Gasteiger partial charge in [-0.1, -0.05) is 72.1 Å². The molecule has 1 N–H and O–H groups in total.